The molecule has 1 aliphatic heterocycles. The molecule has 2 fully saturated rings. The highest BCUT2D eigenvalue weighted by molar-refractivity contribution is 6.40. The lowest BCUT2D eigenvalue weighted by Gasteiger charge is -2.34. The smallest absolute Gasteiger partial charge is 0.257 e. The summed E-state index contributed by atoms with van der Waals surface area (Å²) >= 11 is 0. The van der Waals surface area contributed by atoms with Crippen LogP contribution in [0.5, 0.6) is 0 Å². The van der Waals surface area contributed by atoms with Crippen molar-refractivity contribution < 1.29 is 58.9 Å². The molecule has 172 valence electrons. The average Bonchev–Trinajstić information content (AvgIpc) is 3.02. The van der Waals surface area contributed by atoms with E-state index in [2.05, 4.69) is 0 Å². The van der Waals surface area contributed by atoms with Crippen molar-refractivity contribution in [2.45, 2.75) is 62.5 Å². The predicted octanol–water partition coefficient (Wildman–Crippen LogP) is -3.14. The summed E-state index contributed by atoms with van der Waals surface area (Å²) in [4.78, 5) is 34.9. The normalized spacial score (nSPS) is 36.7. The number of aliphatic hydroxyl groups excluding tert-OH is 5. The number of aliphatic hydroxyl groups is 5. The zero-order valence-electron chi connectivity index (χ0n) is 16.4. The van der Waals surface area contributed by atoms with Crippen molar-refractivity contribution in [2.24, 2.45) is 11.8 Å². The topological polar surface area (TPSA) is 189 Å². The largest absolute Gasteiger partial charge is 0.394 e. The third-order valence-corrected chi connectivity index (χ3v) is 5.31. The molecule has 0 bridgehead atoms. The molecule has 2 aliphatic rings. The van der Waals surface area contributed by atoms with Crippen LogP contribution < -0.4 is 0 Å². The van der Waals surface area contributed by atoms with Crippen LogP contribution in [0.3, 0.4) is 0 Å². The average molecular weight is 436 g/mol. The fourth-order valence-corrected chi connectivity index (χ4v) is 3.71. The lowest BCUT2D eigenvalue weighted by atomic mass is 9.90. The Kier molecular flexibility index (Phi) is 9.40. The van der Waals surface area contributed by atoms with Crippen LogP contribution in [0, 0.1) is 11.8 Å². The van der Waals surface area contributed by atoms with Crippen LogP contribution in [0.4, 0.5) is 0 Å². The molecule has 1 heterocycles. The van der Waals surface area contributed by atoms with E-state index in [1.165, 1.54) is 7.11 Å². The Labute approximate surface area is 172 Å². The number of hydrogen-bond acceptors (Lipinski definition) is 12. The standard InChI is InChI=1S/C18H28O12/c1-27-17(28-5-3-8(21)7-20)12-9(2-4-19)10(22)6-11(12)29-18-15(25)13(23)14(24)16(26)30-18/h4,8-12,14,16-18,20-22,24,26H,2-3,5-7H2,1H3/t8?,9-,10-,11+,12+,14?,16?,17-,18?/m1/s1. The van der Waals surface area contributed by atoms with Crippen molar-refractivity contribution >= 4 is 17.9 Å². The highest BCUT2D eigenvalue weighted by atomic mass is 16.7. The van der Waals surface area contributed by atoms with E-state index >= 15 is 0 Å². The molecule has 0 amide bonds. The minimum Gasteiger partial charge on any atom is -0.394 e. The first-order chi connectivity index (χ1) is 14.2. The van der Waals surface area contributed by atoms with Crippen molar-refractivity contribution in [1.82, 2.24) is 0 Å². The maximum Gasteiger partial charge on any atom is 0.257 e. The van der Waals surface area contributed by atoms with E-state index in [4.69, 9.17) is 24.1 Å². The van der Waals surface area contributed by atoms with Gasteiger partial charge in [0, 0.05) is 31.8 Å². The van der Waals surface area contributed by atoms with E-state index < -0.39 is 73.3 Å². The van der Waals surface area contributed by atoms with Gasteiger partial charge in [-0.15, -0.1) is 0 Å². The van der Waals surface area contributed by atoms with Crippen molar-refractivity contribution in [1.29, 1.82) is 0 Å². The number of ketones is 2. The maximum atomic E-state index is 12.1. The van der Waals surface area contributed by atoms with Gasteiger partial charge in [0.05, 0.1) is 31.5 Å². The Hall–Kier alpha value is -1.35. The van der Waals surface area contributed by atoms with Gasteiger partial charge in [0.2, 0.25) is 12.1 Å². The second-order valence-electron chi connectivity index (χ2n) is 7.25. The summed E-state index contributed by atoms with van der Waals surface area (Å²) in [7, 11) is 1.32. The Morgan fingerprint density at radius 1 is 1.23 bits per heavy atom. The minimum atomic E-state index is -2.02. The second-order valence-corrected chi connectivity index (χ2v) is 7.25. The molecule has 12 heteroatoms. The molecular formula is C18H28O12. The molecule has 12 nitrogen and oxygen atoms in total. The van der Waals surface area contributed by atoms with Crippen LogP contribution in [0.25, 0.3) is 0 Å². The van der Waals surface area contributed by atoms with Gasteiger partial charge in [0.25, 0.3) is 5.78 Å². The molecule has 0 aromatic heterocycles. The summed E-state index contributed by atoms with van der Waals surface area (Å²) in [6, 6.07) is 0. The summed E-state index contributed by atoms with van der Waals surface area (Å²) in [5.41, 5.74) is 0. The van der Waals surface area contributed by atoms with Crippen LogP contribution in [-0.2, 0) is 33.3 Å². The van der Waals surface area contributed by atoms with Crippen LogP contribution >= 0.6 is 0 Å². The van der Waals surface area contributed by atoms with Crippen molar-refractivity contribution in [3.05, 3.63) is 0 Å². The molecule has 0 aromatic rings. The Morgan fingerprint density at radius 3 is 2.53 bits per heavy atom. The van der Waals surface area contributed by atoms with E-state index in [9.17, 15) is 34.8 Å². The van der Waals surface area contributed by atoms with Crippen LogP contribution in [0.15, 0.2) is 0 Å². The molecule has 5 N–H and O–H groups in total. The zero-order valence-corrected chi connectivity index (χ0v) is 16.4. The fourth-order valence-electron chi connectivity index (χ4n) is 3.71. The second kappa shape index (κ2) is 11.3. The highest BCUT2D eigenvalue weighted by Gasteiger charge is 2.51. The minimum absolute atomic E-state index is 0.0182. The van der Waals surface area contributed by atoms with Crippen LogP contribution in [0.2, 0.25) is 0 Å². The van der Waals surface area contributed by atoms with Crippen LogP contribution in [0.1, 0.15) is 19.3 Å². The Balaban J connectivity index is 2.15. The number of carbonyl (C=O) groups is 3. The van der Waals surface area contributed by atoms with Gasteiger partial charge in [0.1, 0.15) is 6.29 Å². The van der Waals surface area contributed by atoms with Gasteiger partial charge in [0.15, 0.2) is 18.7 Å². The maximum absolute atomic E-state index is 12.1. The predicted molar refractivity (Wildman–Crippen MR) is 94.5 cm³/mol. The molecule has 1 aliphatic carbocycles. The quantitative estimate of drug-likeness (QED) is 0.125. The molecule has 2 rings (SSSR count). The summed E-state index contributed by atoms with van der Waals surface area (Å²) in [5, 5.41) is 47.8. The van der Waals surface area contributed by atoms with E-state index in [-0.39, 0.29) is 25.9 Å². The van der Waals surface area contributed by atoms with Crippen molar-refractivity contribution in [3.8, 4) is 0 Å². The van der Waals surface area contributed by atoms with E-state index in [1.807, 2.05) is 0 Å². The number of methoxy groups -OCH3 is 1. The SMILES string of the molecule is CO[C@H](OCCC(O)CO)[C@H]1[C@H](CC=O)[C@H](O)C[C@@H]1OC1OC(O)C(O)C(=O)C1=O. The first kappa shape index (κ1) is 24.9. The van der Waals surface area contributed by atoms with Crippen molar-refractivity contribution in [2.75, 3.05) is 20.3 Å². The number of aldehydes is 1. The van der Waals surface area contributed by atoms with Gasteiger partial charge < -0.3 is 49.3 Å². The summed E-state index contributed by atoms with van der Waals surface area (Å²) in [6.07, 6.45) is -9.16. The van der Waals surface area contributed by atoms with Gasteiger partial charge >= 0.3 is 0 Å². The summed E-state index contributed by atoms with van der Waals surface area (Å²) < 4.78 is 21.4. The zero-order chi connectivity index (χ0) is 22.4. The molecule has 1 saturated heterocycles. The molecule has 30 heavy (non-hydrogen) atoms. The molecule has 0 radical (unpaired) electrons. The third-order valence-electron chi connectivity index (χ3n) is 5.31. The Bertz CT molecular complexity index is 598. The number of rotatable bonds is 11. The fraction of sp³-hybridized carbons (Fsp3) is 0.833. The summed E-state index contributed by atoms with van der Waals surface area (Å²) in [5.74, 6) is -3.89. The van der Waals surface area contributed by atoms with Gasteiger partial charge in [-0.05, 0) is 6.42 Å². The van der Waals surface area contributed by atoms with Crippen LogP contribution in [-0.4, -0.2) is 107 Å². The van der Waals surface area contributed by atoms with Gasteiger partial charge in [-0.3, -0.25) is 9.59 Å². The molecule has 9 atom stereocenters. The first-order valence-corrected chi connectivity index (χ1v) is 9.55. The first-order valence-electron chi connectivity index (χ1n) is 9.55. The number of hydrogen-bond donors (Lipinski definition) is 5. The monoisotopic (exact) mass is 436 g/mol. The molecular weight excluding hydrogens is 408 g/mol. The Morgan fingerprint density at radius 2 is 1.93 bits per heavy atom. The van der Waals surface area contributed by atoms with E-state index in [1.54, 1.807) is 0 Å². The van der Waals surface area contributed by atoms with Gasteiger partial charge in [-0.1, -0.05) is 0 Å². The van der Waals surface area contributed by atoms with E-state index in [0.29, 0.717) is 6.29 Å². The summed E-state index contributed by atoms with van der Waals surface area (Å²) in [6.45, 7) is -0.471. The number of Topliss-reactive ketones (excluding diaryl/α,β-unsaturated/α-hetero) is 2. The highest BCUT2D eigenvalue weighted by Crippen LogP contribution is 2.40. The molecule has 1 saturated carbocycles. The van der Waals surface area contributed by atoms with Gasteiger partial charge in [-0.25, -0.2) is 0 Å². The van der Waals surface area contributed by atoms with Gasteiger partial charge in [-0.2, -0.15) is 0 Å². The molecule has 0 aromatic carbocycles. The lowest BCUT2D eigenvalue weighted by Crippen LogP contribution is -2.54. The van der Waals surface area contributed by atoms with Crippen molar-refractivity contribution in [3.63, 3.8) is 0 Å². The number of ether oxygens (including phenoxy) is 4. The third kappa shape index (κ3) is 5.66. The van der Waals surface area contributed by atoms with E-state index in [0.717, 1.165) is 0 Å². The lowest BCUT2D eigenvalue weighted by molar-refractivity contribution is -0.278. The molecule has 0 spiro atoms. The molecule has 4 unspecified atom stereocenters. The number of carbonyl (C=O) groups excluding carboxylic acids is 3.